The van der Waals surface area contributed by atoms with Gasteiger partial charge in [0.05, 0.1) is 13.0 Å². The zero-order valence-corrected chi connectivity index (χ0v) is 20.7. The summed E-state index contributed by atoms with van der Waals surface area (Å²) < 4.78 is 22.1. The molecule has 0 fully saturated rings. The highest BCUT2D eigenvalue weighted by atomic mass is 16.6. The molecular weight excluding hydrogens is 456 g/mol. The molecule has 1 atom stereocenters. The maximum absolute atomic E-state index is 12.4. The third-order valence-corrected chi connectivity index (χ3v) is 5.93. The van der Waals surface area contributed by atoms with Crippen molar-refractivity contribution in [3.05, 3.63) is 94.9 Å². The highest BCUT2D eigenvalue weighted by Crippen LogP contribution is 2.44. The molecule has 184 valence electrons. The predicted octanol–water partition coefficient (Wildman–Crippen LogP) is 5.20. The van der Waals surface area contributed by atoms with Gasteiger partial charge in [-0.3, -0.25) is 0 Å². The third kappa shape index (κ3) is 5.28. The number of esters is 1. The first-order valence-corrected chi connectivity index (χ1v) is 11.5. The van der Waals surface area contributed by atoms with Crippen LogP contribution in [0.15, 0.2) is 78.2 Å². The number of ether oxygens (including phenoxy) is 4. The minimum absolute atomic E-state index is 0.00309. The maximum atomic E-state index is 12.4. The summed E-state index contributed by atoms with van der Waals surface area (Å²) >= 11 is 0. The number of rotatable bonds is 6. The Morgan fingerprint density at radius 2 is 1.75 bits per heavy atom. The van der Waals surface area contributed by atoms with Crippen LogP contribution in [0.2, 0.25) is 0 Å². The number of hydrogen-bond donors (Lipinski definition) is 1. The lowest BCUT2D eigenvalue weighted by atomic mass is 9.83. The van der Waals surface area contributed by atoms with Crippen LogP contribution >= 0.6 is 0 Å². The first-order chi connectivity index (χ1) is 17.2. The molecule has 1 aliphatic heterocycles. The van der Waals surface area contributed by atoms with E-state index < -0.39 is 11.9 Å². The second-order valence-corrected chi connectivity index (χ2v) is 9.44. The van der Waals surface area contributed by atoms with Crippen molar-refractivity contribution in [1.29, 1.82) is 5.26 Å². The number of nitrogens with two attached hydrogens (primary N) is 1. The smallest absolute Gasteiger partial charge is 0.349 e. The fraction of sp³-hybridized carbons (Fsp3) is 0.241. The molecule has 1 heterocycles. The van der Waals surface area contributed by atoms with Gasteiger partial charge in [0.2, 0.25) is 5.88 Å². The Hall–Kier alpha value is -4.44. The third-order valence-electron chi connectivity index (χ3n) is 5.93. The molecule has 3 aromatic rings. The molecule has 0 amide bonds. The van der Waals surface area contributed by atoms with Crippen LogP contribution in [0, 0.1) is 11.3 Å². The molecule has 0 bridgehead atoms. The van der Waals surface area contributed by atoms with Crippen molar-refractivity contribution in [1.82, 2.24) is 0 Å². The Balaban J connectivity index is 1.49. The van der Waals surface area contributed by atoms with Crippen LogP contribution in [-0.2, 0) is 10.2 Å². The van der Waals surface area contributed by atoms with Gasteiger partial charge in [-0.05, 0) is 46.9 Å². The summed E-state index contributed by atoms with van der Waals surface area (Å²) in [5.41, 5.74) is 9.14. The van der Waals surface area contributed by atoms with E-state index in [1.807, 2.05) is 48.5 Å². The Kier molecular flexibility index (Phi) is 6.89. The van der Waals surface area contributed by atoms with Gasteiger partial charge >= 0.3 is 5.97 Å². The van der Waals surface area contributed by atoms with Crippen LogP contribution in [-0.4, -0.2) is 19.7 Å². The average Bonchev–Trinajstić information content (AvgIpc) is 2.86. The Labute approximate surface area is 210 Å². The second-order valence-electron chi connectivity index (χ2n) is 9.44. The number of nitrogens with zero attached hydrogens (tertiary/aromatic N) is 1. The fourth-order valence-electron chi connectivity index (χ4n) is 4.02. The average molecular weight is 485 g/mol. The summed E-state index contributed by atoms with van der Waals surface area (Å²) in [6.45, 7) is 6.14. The molecule has 2 N–H and O–H groups in total. The van der Waals surface area contributed by atoms with E-state index in [2.05, 4.69) is 26.8 Å². The van der Waals surface area contributed by atoms with E-state index in [1.165, 1.54) is 5.56 Å². The maximum Gasteiger partial charge on any atom is 0.349 e. The monoisotopic (exact) mass is 484 g/mol. The molecule has 4 rings (SSSR count). The van der Waals surface area contributed by atoms with Crippen LogP contribution < -0.4 is 24.7 Å². The van der Waals surface area contributed by atoms with Crippen LogP contribution in [0.4, 0.5) is 0 Å². The van der Waals surface area contributed by atoms with Crippen LogP contribution in [0.5, 0.6) is 23.0 Å². The highest BCUT2D eigenvalue weighted by molar-refractivity contribution is 5.74. The minimum atomic E-state index is -0.559. The predicted molar refractivity (Wildman–Crippen MR) is 135 cm³/mol. The topological polar surface area (TPSA) is 104 Å². The van der Waals surface area contributed by atoms with Gasteiger partial charge < -0.3 is 24.7 Å². The van der Waals surface area contributed by atoms with Gasteiger partial charge in [0.15, 0.2) is 6.61 Å². The van der Waals surface area contributed by atoms with Crippen molar-refractivity contribution in [2.45, 2.75) is 32.1 Å². The van der Waals surface area contributed by atoms with Crippen molar-refractivity contribution in [3.63, 3.8) is 0 Å². The number of hydrogen-bond acceptors (Lipinski definition) is 7. The van der Waals surface area contributed by atoms with Gasteiger partial charge in [-0.25, -0.2) is 4.79 Å². The van der Waals surface area contributed by atoms with E-state index in [9.17, 15) is 10.1 Å². The van der Waals surface area contributed by atoms with Gasteiger partial charge in [-0.2, -0.15) is 5.26 Å². The minimum Gasteiger partial charge on any atom is -0.497 e. The van der Waals surface area contributed by atoms with Crippen LogP contribution in [0.1, 0.15) is 43.4 Å². The summed E-state index contributed by atoms with van der Waals surface area (Å²) in [4.78, 5) is 12.4. The summed E-state index contributed by atoms with van der Waals surface area (Å²) in [7, 11) is 1.58. The SMILES string of the molecule is COc1cccc(C2C(C#N)=C(N)Oc3cc(OC(=O)COc4ccc(C(C)(C)C)cc4)ccc32)c1. The van der Waals surface area contributed by atoms with Gasteiger partial charge in [0.25, 0.3) is 0 Å². The number of carbonyl (C=O) groups excluding carboxylic acids is 1. The molecular formula is C29H28N2O5. The number of nitriles is 1. The van der Waals surface area contributed by atoms with Crippen molar-refractivity contribution in [2.24, 2.45) is 5.73 Å². The molecule has 7 nitrogen and oxygen atoms in total. The zero-order valence-electron chi connectivity index (χ0n) is 20.7. The van der Waals surface area contributed by atoms with Gasteiger partial charge in [-0.1, -0.05) is 51.1 Å². The largest absolute Gasteiger partial charge is 0.497 e. The summed E-state index contributed by atoms with van der Waals surface area (Å²) in [6, 6.07) is 22.2. The van der Waals surface area contributed by atoms with Crippen LogP contribution in [0.3, 0.4) is 0 Å². The molecule has 7 heteroatoms. The second kappa shape index (κ2) is 10.0. The van der Waals surface area contributed by atoms with E-state index in [0.29, 0.717) is 22.8 Å². The van der Waals surface area contributed by atoms with E-state index in [0.717, 1.165) is 11.1 Å². The standard InChI is InChI=1S/C29H28N2O5/c1-29(2,3)19-8-10-20(11-9-19)34-17-26(32)35-22-12-13-23-25(15-22)36-28(31)24(16-30)27(23)18-6-5-7-21(14-18)33-4/h5-15,27H,17,31H2,1-4H3. The summed E-state index contributed by atoms with van der Waals surface area (Å²) in [5.74, 6) is 0.927. The lowest BCUT2D eigenvalue weighted by Gasteiger charge is -2.27. The number of benzene rings is 3. The normalized spacial score (nSPS) is 14.8. The van der Waals surface area contributed by atoms with Crippen molar-refractivity contribution >= 4 is 5.97 Å². The molecule has 0 spiro atoms. The van der Waals surface area contributed by atoms with Crippen molar-refractivity contribution in [3.8, 4) is 29.1 Å². The molecule has 0 saturated heterocycles. The molecule has 3 aromatic carbocycles. The molecule has 0 saturated carbocycles. The van der Waals surface area contributed by atoms with Crippen molar-refractivity contribution in [2.75, 3.05) is 13.7 Å². The first kappa shape index (κ1) is 24.7. The van der Waals surface area contributed by atoms with Crippen molar-refractivity contribution < 1.29 is 23.7 Å². The Morgan fingerprint density at radius 3 is 2.42 bits per heavy atom. The number of fused-ring (bicyclic) bond motifs is 1. The Morgan fingerprint density at radius 1 is 1.03 bits per heavy atom. The van der Waals surface area contributed by atoms with Gasteiger partial charge in [0.1, 0.15) is 34.6 Å². The quantitative estimate of drug-likeness (QED) is 0.379. The zero-order chi connectivity index (χ0) is 25.9. The molecule has 1 aliphatic rings. The first-order valence-electron chi connectivity index (χ1n) is 11.5. The Bertz CT molecular complexity index is 1350. The van der Waals surface area contributed by atoms with E-state index in [4.69, 9.17) is 24.7 Å². The number of carbonyl (C=O) groups is 1. The van der Waals surface area contributed by atoms with Crippen LogP contribution in [0.25, 0.3) is 0 Å². The van der Waals surface area contributed by atoms with Gasteiger partial charge in [0, 0.05) is 11.6 Å². The summed E-state index contributed by atoms with van der Waals surface area (Å²) in [5, 5.41) is 9.74. The van der Waals surface area contributed by atoms with E-state index in [1.54, 1.807) is 25.3 Å². The number of methoxy groups -OCH3 is 1. The lowest BCUT2D eigenvalue weighted by Crippen LogP contribution is -2.21. The van der Waals surface area contributed by atoms with Gasteiger partial charge in [-0.15, -0.1) is 0 Å². The molecule has 0 aromatic heterocycles. The van der Waals surface area contributed by atoms with E-state index >= 15 is 0 Å². The fourth-order valence-corrected chi connectivity index (χ4v) is 4.02. The van der Waals surface area contributed by atoms with E-state index in [-0.39, 0.29) is 23.7 Å². The highest BCUT2D eigenvalue weighted by Gasteiger charge is 2.31. The molecule has 1 unspecified atom stereocenters. The molecule has 36 heavy (non-hydrogen) atoms. The molecule has 0 radical (unpaired) electrons. The lowest BCUT2D eigenvalue weighted by molar-refractivity contribution is -0.136. The summed E-state index contributed by atoms with van der Waals surface area (Å²) in [6.07, 6.45) is 0. The number of allylic oxidation sites excluding steroid dienone is 1. The molecule has 0 aliphatic carbocycles.